The predicted molar refractivity (Wildman–Crippen MR) is 62.0 cm³/mol. The topological polar surface area (TPSA) is 18.5 Å². The zero-order chi connectivity index (χ0) is 10.4. The van der Waals surface area contributed by atoms with Crippen molar-refractivity contribution in [3.63, 3.8) is 0 Å². The zero-order valence-electron chi connectivity index (χ0n) is 9.77. The lowest BCUT2D eigenvalue weighted by atomic mass is 10.1. The molecular weight excluding hydrogens is 192 g/mol. The predicted octanol–water partition coefficient (Wildman–Crippen LogP) is 3.07. The normalized spacial score (nSPS) is 19.9. The number of rotatable bonds is 5. The van der Waals surface area contributed by atoms with Crippen LogP contribution < -0.4 is 0 Å². The third-order valence-corrected chi connectivity index (χ3v) is 4.12. The van der Waals surface area contributed by atoms with Gasteiger partial charge in [-0.1, -0.05) is 19.6 Å². The molecular formula is C11H23O2Si. The van der Waals surface area contributed by atoms with E-state index in [-0.39, 0.29) is 0 Å². The Morgan fingerprint density at radius 2 is 2.07 bits per heavy atom. The fraction of sp³-hybridized carbons (Fsp3) is 0.909. The first kappa shape index (κ1) is 12.2. The highest BCUT2D eigenvalue weighted by atomic mass is 28.3. The molecule has 1 aliphatic rings. The molecule has 0 aromatic rings. The SMILES string of the molecule is C[Si](C)(C)CCOC[C]1CCCCO1. The summed E-state index contributed by atoms with van der Waals surface area (Å²) in [5, 5.41) is 0. The fourth-order valence-corrected chi connectivity index (χ4v) is 2.15. The van der Waals surface area contributed by atoms with Crippen LogP contribution >= 0.6 is 0 Å². The van der Waals surface area contributed by atoms with Crippen molar-refractivity contribution in [2.45, 2.75) is 44.9 Å². The number of hydrogen-bond donors (Lipinski definition) is 0. The van der Waals surface area contributed by atoms with Gasteiger partial charge in [-0.25, -0.2) is 0 Å². The van der Waals surface area contributed by atoms with Crippen LogP contribution in [0.1, 0.15) is 19.3 Å². The molecule has 0 N–H and O–H groups in total. The van der Waals surface area contributed by atoms with E-state index in [4.69, 9.17) is 9.47 Å². The van der Waals surface area contributed by atoms with Crippen molar-refractivity contribution >= 4 is 8.07 Å². The van der Waals surface area contributed by atoms with Crippen LogP contribution in [-0.4, -0.2) is 27.9 Å². The lowest BCUT2D eigenvalue weighted by Gasteiger charge is -2.22. The second-order valence-corrected chi connectivity index (χ2v) is 10.8. The van der Waals surface area contributed by atoms with E-state index in [9.17, 15) is 0 Å². The van der Waals surface area contributed by atoms with E-state index >= 15 is 0 Å². The Balaban J connectivity index is 1.97. The second kappa shape index (κ2) is 5.88. The molecule has 0 amide bonds. The van der Waals surface area contributed by atoms with Gasteiger partial charge in [-0.05, 0) is 25.3 Å². The molecule has 83 valence electrons. The summed E-state index contributed by atoms with van der Waals surface area (Å²) in [6, 6.07) is 1.25. The molecule has 1 saturated heterocycles. The van der Waals surface area contributed by atoms with E-state index in [0.717, 1.165) is 32.3 Å². The summed E-state index contributed by atoms with van der Waals surface area (Å²) in [5.41, 5.74) is 0. The van der Waals surface area contributed by atoms with Crippen molar-refractivity contribution in [2.75, 3.05) is 19.8 Å². The molecule has 1 fully saturated rings. The second-order valence-electron chi connectivity index (χ2n) is 5.21. The van der Waals surface area contributed by atoms with Crippen molar-refractivity contribution < 1.29 is 9.47 Å². The van der Waals surface area contributed by atoms with Crippen molar-refractivity contribution in [3.05, 3.63) is 6.10 Å². The number of ether oxygens (including phenoxy) is 2. The van der Waals surface area contributed by atoms with Crippen LogP contribution in [0.15, 0.2) is 0 Å². The van der Waals surface area contributed by atoms with Crippen LogP contribution in [0.25, 0.3) is 0 Å². The first-order chi connectivity index (χ1) is 6.58. The molecule has 0 aromatic heterocycles. The highest BCUT2D eigenvalue weighted by Gasteiger charge is 2.16. The van der Waals surface area contributed by atoms with Crippen molar-refractivity contribution in [1.29, 1.82) is 0 Å². The molecule has 1 rings (SSSR count). The van der Waals surface area contributed by atoms with Gasteiger partial charge in [-0.2, -0.15) is 0 Å². The van der Waals surface area contributed by atoms with Gasteiger partial charge in [0, 0.05) is 21.3 Å². The molecule has 1 aliphatic heterocycles. The Hall–Kier alpha value is 0.137. The Morgan fingerprint density at radius 1 is 1.29 bits per heavy atom. The maximum Gasteiger partial charge on any atom is 0.122 e. The maximum absolute atomic E-state index is 5.62. The zero-order valence-corrected chi connectivity index (χ0v) is 10.8. The summed E-state index contributed by atoms with van der Waals surface area (Å²) < 4.78 is 11.1. The molecule has 0 atom stereocenters. The molecule has 0 saturated carbocycles. The van der Waals surface area contributed by atoms with Gasteiger partial charge in [-0.3, -0.25) is 0 Å². The van der Waals surface area contributed by atoms with Crippen LogP contribution in [-0.2, 0) is 9.47 Å². The van der Waals surface area contributed by atoms with Crippen molar-refractivity contribution in [1.82, 2.24) is 0 Å². The van der Waals surface area contributed by atoms with Gasteiger partial charge in [0.25, 0.3) is 0 Å². The molecule has 3 heteroatoms. The van der Waals surface area contributed by atoms with E-state index in [1.54, 1.807) is 0 Å². The minimum atomic E-state index is -0.919. The number of hydrogen-bond acceptors (Lipinski definition) is 2. The highest BCUT2D eigenvalue weighted by Crippen LogP contribution is 2.19. The van der Waals surface area contributed by atoms with Crippen LogP contribution in [0, 0.1) is 6.10 Å². The van der Waals surface area contributed by atoms with Gasteiger partial charge in [0.2, 0.25) is 0 Å². The van der Waals surface area contributed by atoms with Crippen LogP contribution in [0.2, 0.25) is 25.7 Å². The van der Waals surface area contributed by atoms with E-state index in [1.807, 2.05) is 0 Å². The van der Waals surface area contributed by atoms with E-state index in [2.05, 4.69) is 19.6 Å². The smallest absolute Gasteiger partial charge is 0.122 e. The monoisotopic (exact) mass is 215 g/mol. The van der Waals surface area contributed by atoms with Crippen molar-refractivity contribution in [3.8, 4) is 0 Å². The minimum Gasteiger partial charge on any atom is -0.379 e. The quantitative estimate of drug-likeness (QED) is 0.518. The summed E-state index contributed by atoms with van der Waals surface area (Å²) in [6.07, 6.45) is 4.74. The van der Waals surface area contributed by atoms with E-state index in [1.165, 1.54) is 18.9 Å². The maximum atomic E-state index is 5.62. The summed E-state index contributed by atoms with van der Waals surface area (Å²) in [7, 11) is -0.919. The summed E-state index contributed by atoms with van der Waals surface area (Å²) >= 11 is 0. The van der Waals surface area contributed by atoms with E-state index < -0.39 is 8.07 Å². The Kier molecular flexibility index (Phi) is 5.13. The molecule has 2 nitrogen and oxygen atoms in total. The first-order valence-electron chi connectivity index (χ1n) is 5.63. The van der Waals surface area contributed by atoms with Gasteiger partial charge in [0.1, 0.15) is 6.10 Å². The van der Waals surface area contributed by atoms with Gasteiger partial charge >= 0.3 is 0 Å². The van der Waals surface area contributed by atoms with E-state index in [0.29, 0.717) is 0 Å². The standard InChI is InChI=1S/C11H23O2Si/c1-14(2,3)9-8-12-10-11-6-4-5-7-13-11/h4-10H2,1-3H3. The average molecular weight is 215 g/mol. The molecule has 0 aliphatic carbocycles. The lowest BCUT2D eigenvalue weighted by molar-refractivity contribution is 0.0317. The van der Waals surface area contributed by atoms with Gasteiger partial charge in [-0.15, -0.1) is 0 Å². The molecule has 0 aromatic carbocycles. The highest BCUT2D eigenvalue weighted by molar-refractivity contribution is 6.76. The molecule has 1 radical (unpaired) electrons. The Labute approximate surface area is 89.0 Å². The third-order valence-electron chi connectivity index (χ3n) is 2.42. The summed E-state index contributed by atoms with van der Waals surface area (Å²) in [4.78, 5) is 0. The van der Waals surface area contributed by atoms with Gasteiger partial charge < -0.3 is 9.47 Å². The largest absolute Gasteiger partial charge is 0.379 e. The fourth-order valence-electron chi connectivity index (χ4n) is 1.39. The molecule has 0 unspecified atom stereocenters. The minimum absolute atomic E-state index is 0.727. The third kappa shape index (κ3) is 5.78. The van der Waals surface area contributed by atoms with Crippen LogP contribution in [0.4, 0.5) is 0 Å². The average Bonchev–Trinajstić information content (AvgIpc) is 2.13. The molecule has 1 heterocycles. The molecule has 14 heavy (non-hydrogen) atoms. The van der Waals surface area contributed by atoms with Crippen LogP contribution in [0.3, 0.4) is 0 Å². The van der Waals surface area contributed by atoms with Gasteiger partial charge in [0.15, 0.2) is 0 Å². The van der Waals surface area contributed by atoms with Crippen LogP contribution in [0.5, 0.6) is 0 Å². The molecule has 0 bridgehead atoms. The van der Waals surface area contributed by atoms with Gasteiger partial charge in [0.05, 0.1) is 6.61 Å². The Bertz CT molecular complexity index is 148. The molecule has 0 spiro atoms. The Morgan fingerprint density at radius 3 is 2.64 bits per heavy atom. The summed E-state index contributed by atoms with van der Waals surface area (Å²) in [5.74, 6) is 0. The van der Waals surface area contributed by atoms with Crippen molar-refractivity contribution in [2.24, 2.45) is 0 Å². The summed E-state index contributed by atoms with van der Waals surface area (Å²) in [6.45, 7) is 9.65. The first-order valence-corrected chi connectivity index (χ1v) is 9.34. The lowest BCUT2D eigenvalue weighted by Crippen LogP contribution is -2.23.